The van der Waals surface area contributed by atoms with Gasteiger partial charge in [-0.3, -0.25) is 14.9 Å². The van der Waals surface area contributed by atoms with E-state index in [1.807, 2.05) is 24.3 Å². The monoisotopic (exact) mass is 367 g/mol. The van der Waals surface area contributed by atoms with E-state index < -0.39 is 6.04 Å². The van der Waals surface area contributed by atoms with Crippen LogP contribution in [0, 0.1) is 0 Å². The minimum Gasteiger partial charge on any atom is -0.376 e. The minimum absolute atomic E-state index is 0.0715. The molecule has 2 aromatic rings. The van der Waals surface area contributed by atoms with Gasteiger partial charge in [0.15, 0.2) is 11.5 Å². The molecule has 140 valence electrons. The van der Waals surface area contributed by atoms with Gasteiger partial charge in [-0.15, -0.1) is 10.2 Å². The fourth-order valence-corrected chi connectivity index (χ4v) is 3.35. The van der Waals surface area contributed by atoms with E-state index in [9.17, 15) is 9.59 Å². The van der Waals surface area contributed by atoms with E-state index in [0.29, 0.717) is 18.9 Å². The molecule has 3 heterocycles. The average molecular weight is 367 g/mol. The molecule has 2 aliphatic rings. The fraction of sp³-hybridized carbons (Fsp3) is 0.368. The number of anilines is 1. The lowest BCUT2D eigenvalue weighted by molar-refractivity contribution is -0.118. The summed E-state index contributed by atoms with van der Waals surface area (Å²) < 4.78 is 5.47. The molecular weight excluding hydrogens is 346 g/mol. The number of amides is 2. The van der Waals surface area contributed by atoms with Crippen LogP contribution in [0.5, 0.6) is 0 Å². The Bertz CT molecular complexity index is 833. The Hall–Kier alpha value is -2.84. The number of aromatic nitrogens is 2. The van der Waals surface area contributed by atoms with Crippen LogP contribution in [0.25, 0.3) is 0 Å². The first kappa shape index (κ1) is 17.6. The third-order valence-electron chi connectivity index (χ3n) is 4.79. The molecule has 0 spiro atoms. The Morgan fingerprint density at radius 3 is 2.85 bits per heavy atom. The number of carbonyl (C=O) groups is 2. The van der Waals surface area contributed by atoms with Gasteiger partial charge in [0, 0.05) is 19.7 Å². The van der Waals surface area contributed by atoms with Gasteiger partial charge >= 0.3 is 0 Å². The molecule has 2 amide bonds. The topological polar surface area (TPSA) is 105 Å². The van der Waals surface area contributed by atoms with Gasteiger partial charge < -0.3 is 15.4 Å². The van der Waals surface area contributed by atoms with Gasteiger partial charge in [0.05, 0.1) is 6.10 Å². The zero-order valence-corrected chi connectivity index (χ0v) is 14.8. The van der Waals surface area contributed by atoms with Crippen LogP contribution < -0.4 is 16.0 Å². The first-order valence-electron chi connectivity index (χ1n) is 9.06. The van der Waals surface area contributed by atoms with Gasteiger partial charge in [-0.2, -0.15) is 0 Å². The van der Waals surface area contributed by atoms with Gasteiger partial charge in [-0.1, -0.05) is 24.3 Å². The van der Waals surface area contributed by atoms with E-state index in [1.54, 1.807) is 12.1 Å². The molecule has 0 bridgehead atoms. The summed E-state index contributed by atoms with van der Waals surface area (Å²) in [5.41, 5.74) is 2.28. The van der Waals surface area contributed by atoms with Crippen LogP contribution in [0.15, 0.2) is 36.4 Å². The fourth-order valence-electron chi connectivity index (χ4n) is 3.35. The predicted octanol–water partition coefficient (Wildman–Crippen LogP) is 1.17. The second-order valence-electron chi connectivity index (χ2n) is 6.65. The van der Waals surface area contributed by atoms with Crippen LogP contribution in [0.2, 0.25) is 0 Å². The van der Waals surface area contributed by atoms with Crippen molar-refractivity contribution in [2.24, 2.45) is 0 Å². The smallest absolute Gasteiger partial charge is 0.271 e. The van der Waals surface area contributed by atoms with Crippen molar-refractivity contribution in [1.29, 1.82) is 0 Å². The lowest BCUT2D eigenvalue weighted by atomic mass is 10.0. The van der Waals surface area contributed by atoms with Gasteiger partial charge in [0.25, 0.3) is 5.91 Å². The van der Waals surface area contributed by atoms with Crippen molar-refractivity contribution in [3.63, 3.8) is 0 Å². The highest BCUT2D eigenvalue weighted by atomic mass is 16.5. The first-order chi connectivity index (χ1) is 13.2. The third kappa shape index (κ3) is 3.96. The molecule has 2 atom stereocenters. The second kappa shape index (κ2) is 7.81. The largest absolute Gasteiger partial charge is 0.376 e. The van der Waals surface area contributed by atoms with Crippen molar-refractivity contribution in [2.75, 3.05) is 18.5 Å². The second-order valence-corrected chi connectivity index (χ2v) is 6.65. The quantitative estimate of drug-likeness (QED) is 0.733. The Morgan fingerprint density at radius 1 is 1.19 bits per heavy atom. The SMILES string of the molecule is O=C(NC[C@H]1CCCO1)c1ccc(NC(=O)C2NCc3ccccc32)nn1. The molecule has 8 heteroatoms. The van der Waals surface area contributed by atoms with E-state index in [1.165, 1.54) is 0 Å². The van der Waals surface area contributed by atoms with E-state index in [0.717, 1.165) is 30.6 Å². The summed E-state index contributed by atoms with van der Waals surface area (Å²) in [7, 11) is 0. The first-order valence-corrected chi connectivity index (χ1v) is 9.06. The Labute approximate surface area is 156 Å². The molecule has 3 N–H and O–H groups in total. The maximum Gasteiger partial charge on any atom is 0.271 e. The maximum absolute atomic E-state index is 12.5. The molecule has 4 rings (SSSR count). The van der Waals surface area contributed by atoms with Crippen LogP contribution >= 0.6 is 0 Å². The molecule has 27 heavy (non-hydrogen) atoms. The molecule has 1 aromatic carbocycles. The third-order valence-corrected chi connectivity index (χ3v) is 4.79. The highest BCUT2D eigenvalue weighted by molar-refractivity contribution is 5.96. The lowest BCUT2D eigenvalue weighted by Gasteiger charge is -2.12. The van der Waals surface area contributed by atoms with Crippen LogP contribution in [-0.4, -0.2) is 41.3 Å². The molecule has 1 aromatic heterocycles. The van der Waals surface area contributed by atoms with Crippen molar-refractivity contribution in [3.8, 4) is 0 Å². The molecule has 2 aliphatic heterocycles. The Kier molecular flexibility index (Phi) is 5.08. The van der Waals surface area contributed by atoms with Gasteiger partial charge in [-0.05, 0) is 36.1 Å². The normalized spacial score (nSPS) is 20.9. The number of rotatable bonds is 5. The van der Waals surface area contributed by atoms with Gasteiger partial charge in [0.1, 0.15) is 6.04 Å². The summed E-state index contributed by atoms with van der Waals surface area (Å²) in [6.45, 7) is 1.87. The van der Waals surface area contributed by atoms with Crippen LogP contribution in [-0.2, 0) is 16.1 Å². The highest BCUT2D eigenvalue weighted by Gasteiger charge is 2.28. The van der Waals surface area contributed by atoms with E-state index in [2.05, 4.69) is 26.1 Å². The number of carbonyl (C=O) groups excluding carboxylic acids is 2. The molecule has 0 aliphatic carbocycles. The predicted molar refractivity (Wildman–Crippen MR) is 98.0 cm³/mol. The summed E-state index contributed by atoms with van der Waals surface area (Å²) in [4.78, 5) is 24.6. The molecular formula is C19H21N5O3. The molecule has 8 nitrogen and oxygen atoms in total. The molecule has 1 unspecified atom stereocenters. The summed E-state index contributed by atoms with van der Waals surface area (Å²) >= 11 is 0. The van der Waals surface area contributed by atoms with E-state index in [-0.39, 0.29) is 23.6 Å². The molecule has 1 saturated heterocycles. The number of nitrogens with one attached hydrogen (secondary N) is 3. The summed E-state index contributed by atoms with van der Waals surface area (Å²) in [5, 5.41) is 16.6. The van der Waals surface area contributed by atoms with E-state index in [4.69, 9.17) is 4.74 Å². The minimum atomic E-state index is -0.419. The van der Waals surface area contributed by atoms with Crippen molar-refractivity contribution >= 4 is 17.6 Å². The highest BCUT2D eigenvalue weighted by Crippen LogP contribution is 2.25. The van der Waals surface area contributed by atoms with Crippen molar-refractivity contribution in [2.45, 2.75) is 31.5 Å². The van der Waals surface area contributed by atoms with Crippen molar-refractivity contribution < 1.29 is 14.3 Å². The Morgan fingerprint density at radius 2 is 2.07 bits per heavy atom. The summed E-state index contributed by atoms with van der Waals surface area (Å²) in [6.07, 6.45) is 2.05. The van der Waals surface area contributed by atoms with Crippen molar-refractivity contribution in [1.82, 2.24) is 20.8 Å². The standard InChI is InChI=1S/C19H21N5O3/c25-18(21-11-13-5-3-9-27-13)15-7-8-16(24-23-15)22-19(26)17-14-6-2-1-4-12(14)10-20-17/h1-2,4,6-8,13,17,20H,3,5,9-11H2,(H,21,25)(H,22,24,26)/t13-,17?/m1/s1. The van der Waals surface area contributed by atoms with E-state index >= 15 is 0 Å². The number of ether oxygens (including phenoxy) is 1. The number of nitrogens with zero attached hydrogens (tertiary/aromatic N) is 2. The number of hydrogen-bond acceptors (Lipinski definition) is 6. The molecule has 0 saturated carbocycles. The molecule has 0 radical (unpaired) electrons. The maximum atomic E-state index is 12.5. The van der Waals surface area contributed by atoms with Crippen LogP contribution in [0.4, 0.5) is 5.82 Å². The zero-order chi connectivity index (χ0) is 18.6. The average Bonchev–Trinajstić information content (AvgIpc) is 3.36. The number of hydrogen-bond donors (Lipinski definition) is 3. The Balaban J connectivity index is 1.34. The van der Waals surface area contributed by atoms with Crippen molar-refractivity contribution in [3.05, 3.63) is 53.2 Å². The summed E-state index contributed by atoms with van der Waals surface area (Å²) in [6, 6.07) is 10.5. The van der Waals surface area contributed by atoms with Gasteiger partial charge in [0.2, 0.25) is 5.91 Å². The molecule has 1 fully saturated rings. The van der Waals surface area contributed by atoms with Crippen LogP contribution in [0.3, 0.4) is 0 Å². The summed E-state index contributed by atoms with van der Waals surface area (Å²) in [5.74, 6) is -0.200. The lowest BCUT2D eigenvalue weighted by Crippen LogP contribution is -2.32. The number of fused-ring (bicyclic) bond motifs is 1. The zero-order valence-electron chi connectivity index (χ0n) is 14.8. The number of benzene rings is 1. The van der Waals surface area contributed by atoms with Gasteiger partial charge in [-0.25, -0.2) is 0 Å². The van der Waals surface area contributed by atoms with Crippen LogP contribution in [0.1, 0.15) is 40.5 Å².